The molecule has 0 radical (unpaired) electrons. The van der Waals surface area contributed by atoms with Crippen LogP contribution in [0.5, 0.6) is 0 Å². The van der Waals surface area contributed by atoms with E-state index in [0.717, 1.165) is 18.8 Å². The van der Waals surface area contributed by atoms with Gasteiger partial charge in [-0.25, -0.2) is 9.97 Å². The number of nitrogens with zero attached hydrogens (tertiary/aromatic N) is 3. The van der Waals surface area contributed by atoms with E-state index in [-0.39, 0.29) is 5.95 Å². The van der Waals surface area contributed by atoms with Crippen molar-refractivity contribution in [3.63, 3.8) is 0 Å². The summed E-state index contributed by atoms with van der Waals surface area (Å²) in [7, 11) is 3.86. The van der Waals surface area contributed by atoms with Gasteiger partial charge in [0.2, 0.25) is 5.95 Å². The van der Waals surface area contributed by atoms with Gasteiger partial charge in [-0.15, -0.1) is 0 Å². The first-order valence-electron chi connectivity index (χ1n) is 5.76. The van der Waals surface area contributed by atoms with E-state index < -0.39 is 11.9 Å². The van der Waals surface area contributed by atoms with Crippen molar-refractivity contribution < 1.29 is 17.9 Å². The molecule has 0 saturated heterocycles. The molecule has 1 heterocycles. The predicted molar refractivity (Wildman–Crippen MR) is 64.9 cm³/mol. The Bertz CT molecular complexity index is 384. The monoisotopic (exact) mass is 278 g/mol. The Labute approximate surface area is 109 Å². The molecule has 0 unspecified atom stereocenters. The molecule has 0 aliphatic rings. The molecule has 0 aliphatic heterocycles. The number of hydrogen-bond donors (Lipinski definition) is 1. The van der Waals surface area contributed by atoms with Gasteiger partial charge in [-0.1, -0.05) is 0 Å². The van der Waals surface area contributed by atoms with Gasteiger partial charge in [0.25, 0.3) is 0 Å². The Morgan fingerprint density at radius 1 is 1.32 bits per heavy atom. The first-order chi connectivity index (χ1) is 8.89. The molecule has 0 aliphatic carbocycles. The van der Waals surface area contributed by atoms with Gasteiger partial charge in [-0.2, -0.15) is 13.2 Å². The average molecular weight is 278 g/mol. The number of aromatic nitrogens is 2. The molecule has 0 fully saturated rings. The van der Waals surface area contributed by atoms with Crippen LogP contribution >= 0.6 is 0 Å². The van der Waals surface area contributed by atoms with Crippen molar-refractivity contribution in [1.29, 1.82) is 0 Å². The molecule has 0 aromatic carbocycles. The van der Waals surface area contributed by atoms with Crippen LogP contribution in [-0.2, 0) is 10.9 Å². The summed E-state index contributed by atoms with van der Waals surface area (Å²) in [5.74, 6) is -0.0500. The summed E-state index contributed by atoms with van der Waals surface area (Å²) in [6.45, 7) is 2.10. The van der Waals surface area contributed by atoms with Crippen molar-refractivity contribution in [2.75, 3.05) is 45.7 Å². The lowest BCUT2D eigenvalue weighted by Crippen LogP contribution is -2.20. The molecule has 0 spiro atoms. The molecule has 1 aromatic rings. The molecule has 108 valence electrons. The SMILES string of the molecule is CN(C)CCOCCNc1nccc(C(F)(F)F)n1. The molecule has 0 saturated carbocycles. The van der Waals surface area contributed by atoms with Crippen LogP contribution in [0.15, 0.2) is 12.3 Å². The minimum Gasteiger partial charge on any atom is -0.378 e. The Hall–Kier alpha value is -1.41. The second-order valence-electron chi connectivity index (χ2n) is 4.11. The number of alkyl halides is 3. The number of likely N-dealkylation sites (N-methyl/N-ethyl adjacent to an activating group) is 1. The molecular formula is C11H17F3N4O. The number of rotatable bonds is 7. The smallest absolute Gasteiger partial charge is 0.378 e. The Balaban J connectivity index is 2.30. The highest BCUT2D eigenvalue weighted by Gasteiger charge is 2.32. The van der Waals surface area contributed by atoms with E-state index in [0.29, 0.717) is 19.8 Å². The molecular weight excluding hydrogens is 261 g/mol. The predicted octanol–water partition coefficient (Wildman–Crippen LogP) is 1.49. The van der Waals surface area contributed by atoms with Crippen LogP contribution in [0.4, 0.5) is 19.1 Å². The fraction of sp³-hybridized carbons (Fsp3) is 0.636. The zero-order chi connectivity index (χ0) is 14.3. The molecule has 8 heteroatoms. The lowest BCUT2D eigenvalue weighted by atomic mass is 10.4. The maximum Gasteiger partial charge on any atom is 0.433 e. The number of hydrogen-bond acceptors (Lipinski definition) is 5. The standard InChI is InChI=1S/C11H17F3N4O/c1-18(2)6-8-19-7-5-16-10-15-4-3-9(17-10)11(12,13)14/h3-4H,5-8H2,1-2H3,(H,15,16,17). The van der Waals surface area contributed by atoms with Crippen molar-refractivity contribution in [3.8, 4) is 0 Å². The number of nitrogens with one attached hydrogen (secondary N) is 1. The summed E-state index contributed by atoms with van der Waals surface area (Å²) in [6.07, 6.45) is -3.38. The fourth-order valence-electron chi connectivity index (χ4n) is 1.19. The third-order valence-electron chi connectivity index (χ3n) is 2.16. The summed E-state index contributed by atoms with van der Waals surface area (Å²) in [5, 5.41) is 2.68. The van der Waals surface area contributed by atoms with E-state index in [9.17, 15) is 13.2 Å². The van der Waals surface area contributed by atoms with Crippen LogP contribution in [0.3, 0.4) is 0 Å². The summed E-state index contributed by atoms with van der Waals surface area (Å²) in [6, 6.07) is 0.832. The molecule has 0 amide bonds. The Morgan fingerprint density at radius 3 is 2.68 bits per heavy atom. The third kappa shape index (κ3) is 6.35. The second kappa shape index (κ2) is 7.25. The van der Waals surface area contributed by atoms with Gasteiger partial charge in [-0.3, -0.25) is 0 Å². The number of anilines is 1. The van der Waals surface area contributed by atoms with Gasteiger partial charge in [0.15, 0.2) is 0 Å². The average Bonchev–Trinajstić information content (AvgIpc) is 2.32. The van der Waals surface area contributed by atoms with Crippen LogP contribution in [0, 0.1) is 0 Å². The molecule has 5 nitrogen and oxygen atoms in total. The van der Waals surface area contributed by atoms with Crippen molar-refractivity contribution in [1.82, 2.24) is 14.9 Å². The minimum absolute atomic E-state index is 0.0500. The van der Waals surface area contributed by atoms with Gasteiger partial charge in [0.05, 0.1) is 13.2 Å². The van der Waals surface area contributed by atoms with E-state index >= 15 is 0 Å². The minimum atomic E-state index is -4.46. The maximum absolute atomic E-state index is 12.4. The summed E-state index contributed by atoms with van der Waals surface area (Å²) in [4.78, 5) is 9.07. The van der Waals surface area contributed by atoms with Crippen LogP contribution < -0.4 is 5.32 Å². The van der Waals surface area contributed by atoms with Crippen LogP contribution in [-0.4, -0.2) is 55.3 Å². The number of halogens is 3. The maximum atomic E-state index is 12.4. The van der Waals surface area contributed by atoms with Crippen molar-refractivity contribution in [2.45, 2.75) is 6.18 Å². The summed E-state index contributed by atoms with van der Waals surface area (Å²) in [5.41, 5.74) is -0.960. The van der Waals surface area contributed by atoms with Gasteiger partial charge in [0.1, 0.15) is 5.69 Å². The second-order valence-corrected chi connectivity index (χ2v) is 4.11. The lowest BCUT2D eigenvalue weighted by molar-refractivity contribution is -0.141. The molecule has 19 heavy (non-hydrogen) atoms. The zero-order valence-electron chi connectivity index (χ0n) is 10.9. The Morgan fingerprint density at radius 2 is 2.05 bits per heavy atom. The van der Waals surface area contributed by atoms with E-state index in [1.807, 2.05) is 19.0 Å². The van der Waals surface area contributed by atoms with Gasteiger partial charge >= 0.3 is 6.18 Å². The van der Waals surface area contributed by atoms with Gasteiger partial charge in [-0.05, 0) is 20.2 Å². The van der Waals surface area contributed by atoms with E-state index in [1.165, 1.54) is 0 Å². The van der Waals surface area contributed by atoms with E-state index in [1.54, 1.807) is 0 Å². The van der Waals surface area contributed by atoms with E-state index in [2.05, 4.69) is 15.3 Å². The lowest BCUT2D eigenvalue weighted by Gasteiger charge is -2.11. The van der Waals surface area contributed by atoms with Crippen molar-refractivity contribution in [2.24, 2.45) is 0 Å². The van der Waals surface area contributed by atoms with Gasteiger partial charge < -0.3 is 15.0 Å². The highest BCUT2D eigenvalue weighted by molar-refractivity contribution is 5.25. The summed E-state index contributed by atoms with van der Waals surface area (Å²) < 4.78 is 42.4. The first kappa shape index (κ1) is 15.6. The molecule has 1 rings (SSSR count). The largest absolute Gasteiger partial charge is 0.433 e. The first-order valence-corrected chi connectivity index (χ1v) is 5.76. The van der Waals surface area contributed by atoms with E-state index in [4.69, 9.17) is 4.74 Å². The third-order valence-corrected chi connectivity index (χ3v) is 2.16. The van der Waals surface area contributed by atoms with Gasteiger partial charge in [0, 0.05) is 19.3 Å². The fourth-order valence-corrected chi connectivity index (χ4v) is 1.19. The highest BCUT2D eigenvalue weighted by atomic mass is 19.4. The normalized spacial score (nSPS) is 11.9. The topological polar surface area (TPSA) is 50.3 Å². The van der Waals surface area contributed by atoms with Crippen LogP contribution in [0.1, 0.15) is 5.69 Å². The Kier molecular flexibility index (Phi) is 5.97. The van der Waals surface area contributed by atoms with Crippen molar-refractivity contribution >= 4 is 5.95 Å². The highest BCUT2D eigenvalue weighted by Crippen LogP contribution is 2.27. The van der Waals surface area contributed by atoms with Crippen LogP contribution in [0.2, 0.25) is 0 Å². The molecule has 1 aromatic heterocycles. The molecule has 1 N–H and O–H groups in total. The quantitative estimate of drug-likeness (QED) is 0.766. The number of ether oxygens (including phenoxy) is 1. The van der Waals surface area contributed by atoms with Crippen molar-refractivity contribution in [3.05, 3.63) is 18.0 Å². The molecule has 0 bridgehead atoms. The zero-order valence-corrected chi connectivity index (χ0v) is 10.9. The molecule has 0 atom stereocenters. The van der Waals surface area contributed by atoms with Crippen LogP contribution in [0.25, 0.3) is 0 Å². The summed E-state index contributed by atoms with van der Waals surface area (Å²) >= 11 is 0.